The SMILES string of the molecule is CCSC/C(C)=N/O. The van der Waals surface area contributed by atoms with Crippen molar-refractivity contribution in [1.29, 1.82) is 0 Å². The van der Waals surface area contributed by atoms with E-state index in [-0.39, 0.29) is 0 Å². The maximum absolute atomic E-state index is 8.14. The minimum atomic E-state index is 0.789. The van der Waals surface area contributed by atoms with E-state index in [0.29, 0.717) is 0 Å². The standard InChI is InChI=1S/C5H11NOS/c1-3-8-4-5(2)6-7/h7H,3-4H2,1-2H3/b6-5+. The molecule has 3 heteroatoms. The van der Waals surface area contributed by atoms with E-state index in [1.54, 1.807) is 11.8 Å². The first kappa shape index (κ1) is 7.82. The largest absolute Gasteiger partial charge is 0.411 e. The van der Waals surface area contributed by atoms with E-state index in [2.05, 4.69) is 12.1 Å². The molecule has 0 amide bonds. The molecular formula is C5H11NOS. The van der Waals surface area contributed by atoms with Crippen LogP contribution in [-0.4, -0.2) is 22.4 Å². The summed E-state index contributed by atoms with van der Waals surface area (Å²) in [5.41, 5.74) is 0.789. The van der Waals surface area contributed by atoms with Crippen LogP contribution in [0.1, 0.15) is 13.8 Å². The summed E-state index contributed by atoms with van der Waals surface area (Å²) in [6.07, 6.45) is 0. The molecule has 0 bridgehead atoms. The third-order valence-electron chi connectivity index (χ3n) is 0.686. The van der Waals surface area contributed by atoms with Gasteiger partial charge in [0.2, 0.25) is 0 Å². The van der Waals surface area contributed by atoms with Crippen molar-refractivity contribution in [3.8, 4) is 0 Å². The Kier molecular flexibility index (Phi) is 4.85. The van der Waals surface area contributed by atoms with Crippen molar-refractivity contribution in [3.63, 3.8) is 0 Å². The number of hydrogen-bond donors (Lipinski definition) is 1. The molecule has 8 heavy (non-hydrogen) atoms. The molecule has 0 radical (unpaired) electrons. The molecule has 1 N–H and O–H groups in total. The van der Waals surface area contributed by atoms with Gasteiger partial charge >= 0.3 is 0 Å². The summed E-state index contributed by atoms with van der Waals surface area (Å²) >= 11 is 1.75. The van der Waals surface area contributed by atoms with Gasteiger partial charge in [0.25, 0.3) is 0 Å². The molecule has 0 unspecified atom stereocenters. The highest BCUT2D eigenvalue weighted by molar-refractivity contribution is 7.99. The van der Waals surface area contributed by atoms with E-state index < -0.39 is 0 Å². The molecule has 0 saturated carbocycles. The maximum atomic E-state index is 8.14. The topological polar surface area (TPSA) is 32.6 Å². The van der Waals surface area contributed by atoms with Crippen LogP contribution in [0.4, 0.5) is 0 Å². The molecule has 0 aromatic rings. The van der Waals surface area contributed by atoms with Gasteiger partial charge in [0.05, 0.1) is 5.71 Å². The summed E-state index contributed by atoms with van der Waals surface area (Å²) < 4.78 is 0. The van der Waals surface area contributed by atoms with Crippen molar-refractivity contribution in [1.82, 2.24) is 0 Å². The quantitative estimate of drug-likeness (QED) is 0.360. The van der Waals surface area contributed by atoms with Crippen molar-refractivity contribution in [3.05, 3.63) is 0 Å². The zero-order valence-corrected chi connectivity index (χ0v) is 6.03. The van der Waals surface area contributed by atoms with E-state index in [4.69, 9.17) is 5.21 Å². The lowest BCUT2D eigenvalue weighted by atomic mass is 10.5. The fourth-order valence-corrected chi connectivity index (χ4v) is 0.836. The molecule has 0 aliphatic carbocycles. The van der Waals surface area contributed by atoms with Gasteiger partial charge in [-0.25, -0.2) is 0 Å². The molecule has 0 heterocycles. The van der Waals surface area contributed by atoms with Crippen LogP contribution in [0.3, 0.4) is 0 Å². The Balaban J connectivity index is 3.12. The Morgan fingerprint density at radius 1 is 1.75 bits per heavy atom. The maximum Gasteiger partial charge on any atom is 0.0638 e. The van der Waals surface area contributed by atoms with Crippen molar-refractivity contribution in [2.75, 3.05) is 11.5 Å². The normalized spacial score (nSPS) is 12.0. The molecule has 0 aliphatic rings. The Morgan fingerprint density at radius 3 is 2.75 bits per heavy atom. The number of thioether (sulfide) groups is 1. The zero-order chi connectivity index (χ0) is 6.41. The average Bonchev–Trinajstić information content (AvgIpc) is 1.83. The van der Waals surface area contributed by atoms with Crippen LogP contribution in [0.2, 0.25) is 0 Å². The van der Waals surface area contributed by atoms with Crippen molar-refractivity contribution in [2.24, 2.45) is 5.16 Å². The molecule has 0 fully saturated rings. The first-order valence-corrected chi connectivity index (χ1v) is 3.72. The summed E-state index contributed by atoms with van der Waals surface area (Å²) in [5, 5.41) is 11.2. The van der Waals surface area contributed by atoms with Crippen molar-refractivity contribution >= 4 is 17.5 Å². The highest BCUT2D eigenvalue weighted by atomic mass is 32.2. The van der Waals surface area contributed by atoms with Gasteiger partial charge in [-0.05, 0) is 12.7 Å². The number of rotatable bonds is 3. The van der Waals surface area contributed by atoms with Crippen molar-refractivity contribution < 1.29 is 5.21 Å². The van der Waals surface area contributed by atoms with Gasteiger partial charge < -0.3 is 5.21 Å². The minimum Gasteiger partial charge on any atom is -0.411 e. The van der Waals surface area contributed by atoms with Gasteiger partial charge in [0, 0.05) is 5.75 Å². The average molecular weight is 133 g/mol. The van der Waals surface area contributed by atoms with Crippen LogP contribution in [0, 0.1) is 0 Å². The first-order chi connectivity index (χ1) is 3.81. The molecule has 0 rings (SSSR count). The van der Waals surface area contributed by atoms with Crippen LogP contribution in [0.25, 0.3) is 0 Å². The zero-order valence-electron chi connectivity index (χ0n) is 5.22. The molecular weight excluding hydrogens is 122 g/mol. The predicted molar refractivity (Wildman–Crippen MR) is 37.9 cm³/mol. The molecule has 0 aromatic heterocycles. The third-order valence-corrected chi connectivity index (χ3v) is 1.72. The number of hydrogen-bond acceptors (Lipinski definition) is 3. The molecule has 2 nitrogen and oxygen atoms in total. The molecule has 0 saturated heterocycles. The van der Waals surface area contributed by atoms with Crippen LogP contribution in [0.5, 0.6) is 0 Å². The van der Waals surface area contributed by atoms with Crippen LogP contribution < -0.4 is 0 Å². The lowest BCUT2D eigenvalue weighted by molar-refractivity contribution is 0.318. The van der Waals surface area contributed by atoms with Gasteiger partial charge in [-0.15, -0.1) is 0 Å². The molecule has 0 aromatic carbocycles. The highest BCUT2D eigenvalue weighted by Crippen LogP contribution is 1.97. The Hall–Kier alpha value is -0.180. The first-order valence-electron chi connectivity index (χ1n) is 2.56. The van der Waals surface area contributed by atoms with Crippen LogP contribution in [-0.2, 0) is 0 Å². The Bertz CT molecular complexity index is 82.5. The van der Waals surface area contributed by atoms with Gasteiger partial charge in [0.1, 0.15) is 0 Å². The van der Waals surface area contributed by atoms with E-state index in [9.17, 15) is 0 Å². The summed E-state index contributed by atoms with van der Waals surface area (Å²) in [4.78, 5) is 0. The van der Waals surface area contributed by atoms with Gasteiger partial charge in [-0.1, -0.05) is 12.1 Å². The van der Waals surface area contributed by atoms with Gasteiger partial charge in [0.15, 0.2) is 0 Å². The fourth-order valence-electron chi connectivity index (χ4n) is 0.279. The minimum absolute atomic E-state index is 0.789. The van der Waals surface area contributed by atoms with Crippen LogP contribution in [0.15, 0.2) is 5.16 Å². The van der Waals surface area contributed by atoms with Crippen molar-refractivity contribution in [2.45, 2.75) is 13.8 Å². The molecule has 0 spiro atoms. The van der Waals surface area contributed by atoms with E-state index >= 15 is 0 Å². The summed E-state index contributed by atoms with van der Waals surface area (Å²) in [6.45, 7) is 3.89. The Morgan fingerprint density at radius 2 is 2.38 bits per heavy atom. The smallest absolute Gasteiger partial charge is 0.0638 e. The van der Waals surface area contributed by atoms with E-state index in [1.165, 1.54) is 0 Å². The molecule has 48 valence electrons. The summed E-state index contributed by atoms with van der Waals surface area (Å²) in [7, 11) is 0. The Labute approximate surface area is 54.0 Å². The number of nitrogens with zero attached hydrogens (tertiary/aromatic N) is 1. The number of oxime groups is 1. The van der Waals surface area contributed by atoms with Crippen LogP contribution >= 0.6 is 11.8 Å². The second-order valence-corrected chi connectivity index (χ2v) is 2.75. The second kappa shape index (κ2) is 4.97. The third kappa shape index (κ3) is 3.99. The van der Waals surface area contributed by atoms with E-state index in [0.717, 1.165) is 17.2 Å². The van der Waals surface area contributed by atoms with E-state index in [1.807, 2.05) is 6.92 Å². The predicted octanol–water partition coefficient (Wildman–Crippen LogP) is 1.59. The molecule has 0 aliphatic heterocycles. The lowest BCUT2D eigenvalue weighted by Crippen LogP contribution is -1.94. The highest BCUT2D eigenvalue weighted by Gasteiger charge is 1.87. The monoisotopic (exact) mass is 133 g/mol. The summed E-state index contributed by atoms with van der Waals surface area (Å²) in [5.74, 6) is 1.92. The lowest BCUT2D eigenvalue weighted by Gasteiger charge is -1.92. The van der Waals surface area contributed by atoms with Gasteiger partial charge in [-0.2, -0.15) is 11.8 Å². The summed E-state index contributed by atoms with van der Waals surface area (Å²) in [6, 6.07) is 0. The second-order valence-electron chi connectivity index (χ2n) is 1.47. The van der Waals surface area contributed by atoms with Gasteiger partial charge in [-0.3, -0.25) is 0 Å². The fraction of sp³-hybridized carbons (Fsp3) is 0.800. The molecule has 0 atom stereocenters.